The Morgan fingerprint density at radius 2 is 2.47 bits per heavy atom. The van der Waals surface area contributed by atoms with Crippen LogP contribution in [0.1, 0.15) is 19.3 Å². The van der Waals surface area contributed by atoms with E-state index in [0.717, 1.165) is 31.4 Å². The first kappa shape index (κ1) is 10.5. The molecule has 1 heterocycles. The zero-order valence-electron chi connectivity index (χ0n) is 9.28. The van der Waals surface area contributed by atoms with E-state index in [1.165, 1.54) is 19.3 Å². The number of likely N-dealkylation sites (N-methyl/N-ethyl adjacent to an activating group) is 1. The minimum absolute atomic E-state index is 0.783. The van der Waals surface area contributed by atoms with Gasteiger partial charge in [0.2, 0.25) is 0 Å². The molecule has 1 aliphatic carbocycles. The predicted molar refractivity (Wildman–Crippen MR) is 59.0 cm³/mol. The molecule has 1 aromatic rings. The molecular formula is C11H19N3O. The third-order valence-electron chi connectivity index (χ3n) is 2.91. The van der Waals surface area contributed by atoms with E-state index in [1.807, 2.05) is 17.9 Å². The van der Waals surface area contributed by atoms with Crippen molar-refractivity contribution in [2.24, 2.45) is 5.92 Å². The molecule has 4 heteroatoms. The largest absolute Gasteiger partial charge is 0.490 e. The molecule has 15 heavy (non-hydrogen) atoms. The first-order valence-corrected chi connectivity index (χ1v) is 5.68. The second-order valence-corrected chi connectivity index (χ2v) is 4.15. The Kier molecular flexibility index (Phi) is 3.61. The van der Waals surface area contributed by atoms with E-state index in [0.29, 0.717) is 0 Å². The number of rotatable bonds is 6. The summed E-state index contributed by atoms with van der Waals surface area (Å²) in [6.45, 7) is 2.69. The second-order valence-electron chi connectivity index (χ2n) is 4.15. The van der Waals surface area contributed by atoms with Crippen molar-refractivity contribution in [3.8, 4) is 5.75 Å². The van der Waals surface area contributed by atoms with Crippen LogP contribution in [0.15, 0.2) is 12.4 Å². The van der Waals surface area contributed by atoms with Crippen molar-refractivity contribution in [3.05, 3.63) is 12.4 Å². The number of nitrogens with zero attached hydrogens (tertiary/aromatic N) is 2. The Hall–Kier alpha value is -1.03. The zero-order valence-corrected chi connectivity index (χ0v) is 9.28. The molecule has 1 saturated carbocycles. The predicted octanol–water partition coefficient (Wildman–Crippen LogP) is 1.28. The molecule has 0 spiro atoms. The first-order valence-electron chi connectivity index (χ1n) is 5.68. The van der Waals surface area contributed by atoms with E-state index in [-0.39, 0.29) is 0 Å². The van der Waals surface area contributed by atoms with Crippen molar-refractivity contribution in [1.82, 2.24) is 15.1 Å². The van der Waals surface area contributed by atoms with Crippen LogP contribution in [0.2, 0.25) is 0 Å². The third-order valence-corrected chi connectivity index (χ3v) is 2.91. The smallest absolute Gasteiger partial charge is 0.157 e. The highest BCUT2D eigenvalue weighted by Gasteiger charge is 2.17. The van der Waals surface area contributed by atoms with Gasteiger partial charge in [-0.3, -0.25) is 4.68 Å². The lowest BCUT2D eigenvalue weighted by atomic mass is 9.86. The van der Waals surface area contributed by atoms with Gasteiger partial charge in [0, 0.05) is 6.54 Å². The van der Waals surface area contributed by atoms with Gasteiger partial charge < -0.3 is 10.1 Å². The molecule has 0 saturated heterocycles. The van der Waals surface area contributed by atoms with Gasteiger partial charge in [-0.05, 0) is 25.8 Å². The van der Waals surface area contributed by atoms with Crippen molar-refractivity contribution in [2.45, 2.75) is 25.8 Å². The lowest BCUT2D eigenvalue weighted by molar-refractivity contribution is 0.180. The number of hydrogen-bond donors (Lipinski definition) is 1. The molecule has 84 valence electrons. The van der Waals surface area contributed by atoms with Crippen LogP contribution in [-0.4, -0.2) is 30.0 Å². The van der Waals surface area contributed by atoms with Crippen LogP contribution < -0.4 is 10.1 Å². The summed E-state index contributed by atoms with van der Waals surface area (Å²) in [4.78, 5) is 0. The van der Waals surface area contributed by atoms with E-state index in [9.17, 15) is 0 Å². The zero-order chi connectivity index (χ0) is 10.5. The number of aromatic nitrogens is 2. The Morgan fingerprint density at radius 3 is 3.13 bits per heavy atom. The fraction of sp³-hybridized carbons (Fsp3) is 0.727. The van der Waals surface area contributed by atoms with Crippen molar-refractivity contribution in [3.63, 3.8) is 0 Å². The molecule has 4 nitrogen and oxygen atoms in total. The molecule has 0 aromatic carbocycles. The van der Waals surface area contributed by atoms with Gasteiger partial charge in [0.15, 0.2) is 5.75 Å². The van der Waals surface area contributed by atoms with Crippen LogP contribution >= 0.6 is 0 Å². The molecule has 1 N–H and O–H groups in total. The summed E-state index contributed by atoms with van der Waals surface area (Å²) in [5.41, 5.74) is 0. The third kappa shape index (κ3) is 2.96. The van der Waals surface area contributed by atoms with Crippen LogP contribution in [-0.2, 0) is 6.54 Å². The summed E-state index contributed by atoms with van der Waals surface area (Å²) in [7, 11) is 1.94. The standard InChI is InChI=1S/C11H19N3O/c1-12-5-6-14-8-11(7-13-14)15-9-10-3-2-4-10/h7-8,10,12H,2-6,9H2,1H3. The van der Waals surface area contributed by atoms with Crippen molar-refractivity contribution in [2.75, 3.05) is 20.2 Å². The van der Waals surface area contributed by atoms with Crippen LogP contribution in [0.5, 0.6) is 5.75 Å². The Bertz CT molecular complexity index is 294. The number of ether oxygens (including phenoxy) is 1. The maximum absolute atomic E-state index is 5.67. The summed E-state index contributed by atoms with van der Waals surface area (Å²) >= 11 is 0. The van der Waals surface area contributed by atoms with E-state index in [2.05, 4.69) is 10.4 Å². The van der Waals surface area contributed by atoms with Crippen molar-refractivity contribution < 1.29 is 4.74 Å². The minimum Gasteiger partial charge on any atom is -0.490 e. The Balaban J connectivity index is 1.73. The molecule has 1 aliphatic rings. The Morgan fingerprint density at radius 1 is 1.60 bits per heavy atom. The van der Waals surface area contributed by atoms with Gasteiger partial charge in [0.25, 0.3) is 0 Å². The van der Waals surface area contributed by atoms with E-state index in [4.69, 9.17) is 4.74 Å². The molecule has 0 aliphatic heterocycles. The van der Waals surface area contributed by atoms with Gasteiger partial charge in [0.05, 0.1) is 25.5 Å². The lowest BCUT2D eigenvalue weighted by Crippen LogP contribution is -2.19. The molecule has 1 fully saturated rings. The molecule has 2 rings (SSSR count). The lowest BCUT2D eigenvalue weighted by Gasteiger charge is -2.24. The van der Waals surface area contributed by atoms with E-state index < -0.39 is 0 Å². The Labute approximate surface area is 90.6 Å². The van der Waals surface area contributed by atoms with E-state index >= 15 is 0 Å². The average molecular weight is 209 g/mol. The summed E-state index contributed by atoms with van der Waals surface area (Å²) in [6.07, 6.45) is 7.79. The molecule has 0 amide bonds. The molecule has 0 atom stereocenters. The average Bonchev–Trinajstić information content (AvgIpc) is 2.60. The fourth-order valence-electron chi connectivity index (χ4n) is 1.64. The topological polar surface area (TPSA) is 39.1 Å². The highest BCUT2D eigenvalue weighted by Crippen LogP contribution is 2.26. The van der Waals surface area contributed by atoms with Crippen LogP contribution in [0.3, 0.4) is 0 Å². The van der Waals surface area contributed by atoms with Gasteiger partial charge in [-0.2, -0.15) is 5.10 Å². The minimum atomic E-state index is 0.783. The van der Waals surface area contributed by atoms with Gasteiger partial charge in [-0.1, -0.05) is 6.42 Å². The summed E-state index contributed by atoms with van der Waals surface area (Å²) in [5, 5.41) is 7.32. The van der Waals surface area contributed by atoms with Gasteiger partial charge >= 0.3 is 0 Å². The molecule has 1 aromatic heterocycles. The van der Waals surface area contributed by atoms with E-state index in [1.54, 1.807) is 6.20 Å². The summed E-state index contributed by atoms with van der Waals surface area (Å²) in [6, 6.07) is 0. The summed E-state index contributed by atoms with van der Waals surface area (Å²) < 4.78 is 7.58. The van der Waals surface area contributed by atoms with Crippen LogP contribution in [0.25, 0.3) is 0 Å². The van der Waals surface area contributed by atoms with Gasteiger partial charge in [-0.15, -0.1) is 0 Å². The normalized spacial score (nSPS) is 16.3. The van der Waals surface area contributed by atoms with Crippen molar-refractivity contribution >= 4 is 0 Å². The molecule has 0 bridgehead atoms. The first-order chi connectivity index (χ1) is 7.38. The van der Waals surface area contributed by atoms with Crippen molar-refractivity contribution in [1.29, 1.82) is 0 Å². The molecule has 0 radical (unpaired) electrons. The second kappa shape index (κ2) is 5.16. The highest BCUT2D eigenvalue weighted by atomic mass is 16.5. The summed E-state index contributed by atoms with van der Waals surface area (Å²) in [5.74, 6) is 1.68. The van der Waals surface area contributed by atoms with Gasteiger partial charge in [0.1, 0.15) is 0 Å². The maximum Gasteiger partial charge on any atom is 0.157 e. The highest BCUT2D eigenvalue weighted by molar-refractivity contribution is 5.11. The molecule has 0 unspecified atom stereocenters. The SMILES string of the molecule is CNCCn1cc(OCC2CCC2)cn1. The van der Waals surface area contributed by atoms with Crippen LogP contribution in [0, 0.1) is 5.92 Å². The quantitative estimate of drug-likeness (QED) is 0.767. The van der Waals surface area contributed by atoms with Crippen LogP contribution in [0.4, 0.5) is 0 Å². The van der Waals surface area contributed by atoms with Gasteiger partial charge in [-0.25, -0.2) is 0 Å². The maximum atomic E-state index is 5.67. The molecular weight excluding hydrogens is 190 g/mol. The fourth-order valence-corrected chi connectivity index (χ4v) is 1.64. The monoisotopic (exact) mass is 209 g/mol. The number of nitrogens with one attached hydrogen (secondary N) is 1. The number of hydrogen-bond acceptors (Lipinski definition) is 3.